The van der Waals surface area contributed by atoms with Crippen LogP contribution in [0.2, 0.25) is 0 Å². The summed E-state index contributed by atoms with van der Waals surface area (Å²) in [4.78, 5) is 0. The van der Waals surface area contributed by atoms with Crippen molar-refractivity contribution < 1.29 is 0 Å². The lowest BCUT2D eigenvalue weighted by Gasteiger charge is -2.20. The van der Waals surface area contributed by atoms with Crippen LogP contribution >= 0.6 is 0 Å². The van der Waals surface area contributed by atoms with E-state index in [1.54, 1.807) is 0 Å². The van der Waals surface area contributed by atoms with Gasteiger partial charge in [0.1, 0.15) is 0 Å². The van der Waals surface area contributed by atoms with E-state index in [1.807, 2.05) is 0 Å². The molecular formula is C41H29N. The molecule has 0 spiro atoms. The minimum absolute atomic E-state index is 0.866. The van der Waals surface area contributed by atoms with Crippen LogP contribution in [0.3, 0.4) is 0 Å². The van der Waals surface area contributed by atoms with Gasteiger partial charge in [-0.15, -0.1) is 0 Å². The lowest BCUT2D eigenvalue weighted by Crippen LogP contribution is -2.14. The third-order valence-corrected chi connectivity index (χ3v) is 8.50. The summed E-state index contributed by atoms with van der Waals surface area (Å²) >= 11 is 0. The van der Waals surface area contributed by atoms with E-state index < -0.39 is 0 Å². The molecule has 0 fully saturated rings. The number of allylic oxidation sites excluding steroid dienone is 2. The number of nitrogens with one attached hydrogen (secondary N) is 1. The molecule has 0 radical (unpaired) electrons. The van der Waals surface area contributed by atoms with Gasteiger partial charge >= 0.3 is 0 Å². The fraction of sp³-hybridized carbons (Fsp3) is 0.0244. The van der Waals surface area contributed by atoms with E-state index in [-0.39, 0.29) is 0 Å². The Morgan fingerprint density at radius 3 is 1.48 bits per heavy atom. The Balaban J connectivity index is 1.39. The zero-order valence-corrected chi connectivity index (χ0v) is 23.2. The van der Waals surface area contributed by atoms with Gasteiger partial charge in [0.05, 0.1) is 0 Å². The maximum atomic E-state index is 3.48. The molecule has 0 saturated carbocycles. The van der Waals surface area contributed by atoms with Gasteiger partial charge in [-0.1, -0.05) is 152 Å². The first kappa shape index (κ1) is 24.4. The Morgan fingerprint density at radius 1 is 0.381 bits per heavy atom. The van der Waals surface area contributed by atoms with Gasteiger partial charge < -0.3 is 5.32 Å². The van der Waals surface area contributed by atoms with Crippen molar-refractivity contribution in [2.45, 2.75) is 0 Å². The molecule has 7 aromatic rings. The predicted molar refractivity (Wildman–Crippen MR) is 180 cm³/mol. The van der Waals surface area contributed by atoms with Crippen molar-refractivity contribution in [3.05, 3.63) is 163 Å². The zero-order valence-electron chi connectivity index (χ0n) is 23.2. The first-order valence-electron chi connectivity index (χ1n) is 14.6. The van der Waals surface area contributed by atoms with Crippen LogP contribution in [0.25, 0.3) is 71.4 Å². The molecule has 0 saturated heterocycles. The molecule has 1 aliphatic rings. The molecule has 1 N–H and O–H groups in total. The molecule has 0 unspecified atom stereocenters. The topological polar surface area (TPSA) is 12.0 Å². The number of benzene rings is 7. The Hall–Kier alpha value is -5.40. The smallest absolute Gasteiger partial charge is 0.0416 e. The molecule has 1 aliphatic heterocycles. The highest BCUT2D eigenvalue weighted by molar-refractivity contribution is 6.24. The summed E-state index contributed by atoms with van der Waals surface area (Å²) in [6.45, 7) is 0.866. The van der Waals surface area contributed by atoms with Gasteiger partial charge in [-0.25, -0.2) is 0 Å². The van der Waals surface area contributed by atoms with Crippen molar-refractivity contribution in [1.29, 1.82) is 0 Å². The van der Waals surface area contributed by atoms with Gasteiger partial charge in [0.15, 0.2) is 0 Å². The Kier molecular flexibility index (Phi) is 5.93. The zero-order chi connectivity index (χ0) is 27.9. The predicted octanol–water partition coefficient (Wildman–Crippen LogP) is 10.6. The Morgan fingerprint density at radius 2 is 0.881 bits per heavy atom. The Bertz CT molecular complexity index is 2110. The highest BCUT2D eigenvalue weighted by Crippen LogP contribution is 2.46. The van der Waals surface area contributed by atoms with E-state index in [0.29, 0.717) is 0 Å². The summed E-state index contributed by atoms with van der Waals surface area (Å²) in [5, 5.41) is 11.1. The molecule has 1 heteroatoms. The molecule has 198 valence electrons. The molecular weight excluding hydrogens is 506 g/mol. The molecule has 0 amide bonds. The summed E-state index contributed by atoms with van der Waals surface area (Å²) in [5.74, 6) is 0. The monoisotopic (exact) mass is 535 g/mol. The third kappa shape index (κ3) is 4.02. The van der Waals surface area contributed by atoms with Crippen molar-refractivity contribution in [2.75, 3.05) is 6.54 Å². The van der Waals surface area contributed by atoms with E-state index in [9.17, 15) is 0 Å². The van der Waals surface area contributed by atoms with E-state index in [2.05, 4.69) is 163 Å². The maximum absolute atomic E-state index is 3.48. The summed E-state index contributed by atoms with van der Waals surface area (Å²) in [6.07, 6.45) is 6.40. The lowest BCUT2D eigenvalue weighted by atomic mass is 9.83. The van der Waals surface area contributed by atoms with Crippen molar-refractivity contribution in [2.24, 2.45) is 0 Å². The van der Waals surface area contributed by atoms with Crippen LogP contribution in [0.4, 0.5) is 0 Å². The molecule has 0 bridgehead atoms. The minimum atomic E-state index is 0.866. The summed E-state index contributed by atoms with van der Waals surface area (Å²) in [5.41, 5.74) is 9.95. The van der Waals surface area contributed by atoms with E-state index in [4.69, 9.17) is 0 Å². The molecule has 0 aliphatic carbocycles. The highest BCUT2D eigenvalue weighted by Gasteiger charge is 2.19. The van der Waals surface area contributed by atoms with Crippen molar-refractivity contribution in [3.8, 4) is 33.4 Å². The first-order chi connectivity index (χ1) is 20.9. The first-order valence-corrected chi connectivity index (χ1v) is 14.6. The molecule has 1 nitrogen and oxygen atoms in total. The summed E-state index contributed by atoms with van der Waals surface area (Å²) in [7, 11) is 0. The fourth-order valence-corrected chi connectivity index (χ4v) is 6.59. The molecule has 7 aromatic carbocycles. The van der Waals surface area contributed by atoms with Gasteiger partial charge in [0, 0.05) is 12.2 Å². The maximum Gasteiger partial charge on any atom is 0.0416 e. The average molecular weight is 536 g/mol. The van der Waals surface area contributed by atoms with Crippen LogP contribution in [0.15, 0.2) is 158 Å². The fourth-order valence-electron chi connectivity index (χ4n) is 6.59. The van der Waals surface area contributed by atoms with Gasteiger partial charge in [-0.2, -0.15) is 0 Å². The average Bonchev–Trinajstić information content (AvgIpc) is 3.08. The van der Waals surface area contributed by atoms with E-state index in [0.717, 1.165) is 6.54 Å². The Labute approximate surface area is 246 Å². The van der Waals surface area contributed by atoms with Crippen LogP contribution in [0.1, 0.15) is 5.56 Å². The van der Waals surface area contributed by atoms with Crippen LogP contribution < -0.4 is 5.32 Å². The van der Waals surface area contributed by atoms with Crippen LogP contribution in [-0.4, -0.2) is 6.54 Å². The van der Waals surface area contributed by atoms with Crippen molar-refractivity contribution in [1.82, 2.24) is 5.32 Å². The molecule has 8 rings (SSSR count). The van der Waals surface area contributed by atoms with Gasteiger partial charge in [0.25, 0.3) is 0 Å². The SMILES string of the molecule is C1=CCNC(c2ccc(-c3c4ccccc4c(-c4ccc(-c5ccccc5)c5ccccc45)c4ccccc34)cc2)=C1. The largest absolute Gasteiger partial charge is 0.381 e. The molecule has 0 aromatic heterocycles. The quantitative estimate of drug-likeness (QED) is 0.221. The van der Waals surface area contributed by atoms with E-state index in [1.165, 1.54) is 77.0 Å². The van der Waals surface area contributed by atoms with Crippen molar-refractivity contribution in [3.63, 3.8) is 0 Å². The normalized spacial score (nSPS) is 12.9. The second-order valence-electron chi connectivity index (χ2n) is 10.9. The minimum Gasteiger partial charge on any atom is -0.381 e. The summed E-state index contributed by atoms with van der Waals surface area (Å²) in [6, 6.07) is 51.0. The van der Waals surface area contributed by atoms with Gasteiger partial charge in [-0.05, 0) is 77.3 Å². The molecule has 0 atom stereocenters. The van der Waals surface area contributed by atoms with Gasteiger partial charge in [-0.3, -0.25) is 0 Å². The van der Waals surface area contributed by atoms with Crippen LogP contribution in [0.5, 0.6) is 0 Å². The standard InChI is InChI=1S/C41H29N/c1-2-12-28(13-3-1)31-25-26-38(33-15-5-4-14-32(31)33)41-36-18-8-6-16-34(36)40(35-17-7-9-19-37(35)41)30-23-21-29(22-24-30)39-20-10-11-27-42-39/h1-26,42H,27H2. The summed E-state index contributed by atoms with van der Waals surface area (Å²) < 4.78 is 0. The van der Waals surface area contributed by atoms with E-state index >= 15 is 0 Å². The number of rotatable bonds is 4. The van der Waals surface area contributed by atoms with Crippen LogP contribution in [-0.2, 0) is 0 Å². The molecule has 1 heterocycles. The molecule has 42 heavy (non-hydrogen) atoms. The second kappa shape index (κ2) is 10.2. The number of fused-ring (bicyclic) bond motifs is 3. The van der Waals surface area contributed by atoms with Crippen molar-refractivity contribution >= 4 is 38.0 Å². The van der Waals surface area contributed by atoms with Crippen LogP contribution in [0, 0.1) is 0 Å². The second-order valence-corrected chi connectivity index (χ2v) is 10.9. The number of dihydropyridines is 1. The number of hydrogen-bond donors (Lipinski definition) is 1. The van der Waals surface area contributed by atoms with Gasteiger partial charge in [0.2, 0.25) is 0 Å². The highest BCUT2D eigenvalue weighted by atomic mass is 14.9. The third-order valence-electron chi connectivity index (χ3n) is 8.50. The number of hydrogen-bond acceptors (Lipinski definition) is 1. The lowest BCUT2D eigenvalue weighted by molar-refractivity contribution is 0.996.